The van der Waals surface area contributed by atoms with Crippen molar-refractivity contribution < 1.29 is 0 Å². The van der Waals surface area contributed by atoms with Gasteiger partial charge in [0, 0.05) is 19.3 Å². The van der Waals surface area contributed by atoms with E-state index in [0.717, 1.165) is 13.1 Å². The van der Waals surface area contributed by atoms with Crippen LogP contribution in [-0.4, -0.2) is 11.5 Å². The molecule has 0 radical (unpaired) electrons. The number of hydrogen-bond donors (Lipinski definition) is 1. The molecule has 0 fully saturated rings. The van der Waals surface area contributed by atoms with E-state index in [1.54, 1.807) is 0 Å². The van der Waals surface area contributed by atoms with Crippen molar-refractivity contribution in [3.8, 4) is 0 Å². The van der Waals surface area contributed by atoms with Crippen molar-refractivity contribution in [2.24, 2.45) is 0 Å². The van der Waals surface area contributed by atoms with Crippen LogP contribution in [0.3, 0.4) is 0 Å². The van der Waals surface area contributed by atoms with Gasteiger partial charge in [0.1, 0.15) is 5.15 Å². The Bertz CT molecular complexity index is 299. The highest BCUT2D eigenvalue weighted by Gasteiger charge is 2.15. The van der Waals surface area contributed by atoms with E-state index < -0.39 is 0 Å². The molecule has 3 heteroatoms. The summed E-state index contributed by atoms with van der Waals surface area (Å²) in [4.78, 5) is 4.05. The molecule has 0 aliphatic carbocycles. The quantitative estimate of drug-likeness (QED) is 0.621. The van der Waals surface area contributed by atoms with Crippen LogP contribution < -0.4 is 5.32 Å². The Hall–Kier alpha value is -0.600. The second-order valence-electron chi connectivity index (χ2n) is 3.24. The van der Waals surface area contributed by atoms with Crippen molar-refractivity contribution >= 4 is 11.6 Å². The third-order valence-electron chi connectivity index (χ3n) is 2.29. The van der Waals surface area contributed by atoms with Crippen LogP contribution in [0.2, 0.25) is 5.15 Å². The zero-order valence-electron chi connectivity index (χ0n) is 6.97. The SMILES string of the molecule is C[C@H]1CNCc2cnc(Cl)cc21. The molecule has 64 valence electrons. The third kappa shape index (κ3) is 1.32. The molecule has 0 saturated carbocycles. The van der Waals surface area contributed by atoms with Gasteiger partial charge in [-0.1, -0.05) is 18.5 Å². The van der Waals surface area contributed by atoms with Crippen molar-refractivity contribution in [2.45, 2.75) is 19.4 Å². The van der Waals surface area contributed by atoms with Crippen LogP contribution in [-0.2, 0) is 6.54 Å². The predicted octanol–water partition coefficient (Wildman–Crippen LogP) is 1.94. The highest BCUT2D eigenvalue weighted by Crippen LogP contribution is 2.24. The average Bonchev–Trinajstić information content (AvgIpc) is 2.07. The molecule has 12 heavy (non-hydrogen) atoms. The normalized spacial score (nSPS) is 22.0. The smallest absolute Gasteiger partial charge is 0.129 e. The van der Waals surface area contributed by atoms with Crippen LogP contribution >= 0.6 is 11.6 Å². The maximum atomic E-state index is 5.81. The molecule has 2 rings (SSSR count). The Morgan fingerprint density at radius 2 is 2.50 bits per heavy atom. The van der Waals surface area contributed by atoms with Crippen LogP contribution in [0.15, 0.2) is 12.3 Å². The summed E-state index contributed by atoms with van der Waals surface area (Å²) in [6, 6.07) is 1.97. The van der Waals surface area contributed by atoms with E-state index in [0.29, 0.717) is 11.1 Å². The van der Waals surface area contributed by atoms with Crippen molar-refractivity contribution in [2.75, 3.05) is 6.54 Å². The summed E-state index contributed by atoms with van der Waals surface area (Å²) in [6.45, 7) is 4.15. The summed E-state index contributed by atoms with van der Waals surface area (Å²) in [5.41, 5.74) is 2.62. The van der Waals surface area contributed by atoms with E-state index in [1.165, 1.54) is 11.1 Å². The minimum Gasteiger partial charge on any atom is -0.312 e. The van der Waals surface area contributed by atoms with E-state index in [9.17, 15) is 0 Å². The summed E-state index contributed by atoms with van der Waals surface area (Å²) in [7, 11) is 0. The molecule has 1 aliphatic heterocycles. The Kier molecular flexibility index (Phi) is 2.03. The average molecular weight is 183 g/mol. The van der Waals surface area contributed by atoms with E-state index in [4.69, 9.17) is 11.6 Å². The monoisotopic (exact) mass is 182 g/mol. The van der Waals surface area contributed by atoms with Gasteiger partial charge in [0.25, 0.3) is 0 Å². The lowest BCUT2D eigenvalue weighted by Crippen LogP contribution is -2.26. The summed E-state index contributed by atoms with van der Waals surface area (Å²) in [6.07, 6.45) is 1.86. The molecule has 0 bridgehead atoms. The van der Waals surface area contributed by atoms with Crippen LogP contribution in [0.25, 0.3) is 0 Å². The molecule has 1 aliphatic rings. The maximum Gasteiger partial charge on any atom is 0.129 e. The standard InChI is InChI=1S/C9H11ClN2/c1-6-3-11-4-7-5-12-9(10)2-8(6)7/h2,5-6,11H,3-4H2,1H3/t6-/m0/s1. The molecule has 0 unspecified atom stereocenters. The second kappa shape index (κ2) is 3.04. The first-order valence-corrected chi connectivity index (χ1v) is 4.50. The molecule has 0 saturated heterocycles. The van der Waals surface area contributed by atoms with Crippen molar-refractivity contribution in [3.63, 3.8) is 0 Å². The van der Waals surface area contributed by atoms with Crippen LogP contribution in [0.1, 0.15) is 24.0 Å². The lowest BCUT2D eigenvalue weighted by Gasteiger charge is -2.22. The summed E-state index contributed by atoms with van der Waals surface area (Å²) in [5, 5.41) is 3.93. The van der Waals surface area contributed by atoms with Gasteiger partial charge >= 0.3 is 0 Å². The van der Waals surface area contributed by atoms with E-state index in [1.807, 2.05) is 12.3 Å². The number of aromatic nitrogens is 1. The fourth-order valence-electron chi connectivity index (χ4n) is 1.61. The molecule has 0 amide bonds. The molecular weight excluding hydrogens is 172 g/mol. The van der Waals surface area contributed by atoms with Gasteiger partial charge in [-0.3, -0.25) is 0 Å². The largest absolute Gasteiger partial charge is 0.312 e. The van der Waals surface area contributed by atoms with Gasteiger partial charge in [-0.05, 0) is 23.1 Å². The van der Waals surface area contributed by atoms with Crippen molar-refractivity contribution in [1.29, 1.82) is 0 Å². The Balaban J connectivity index is 2.47. The van der Waals surface area contributed by atoms with Gasteiger partial charge in [-0.25, -0.2) is 4.98 Å². The Morgan fingerprint density at radius 1 is 1.67 bits per heavy atom. The zero-order valence-corrected chi connectivity index (χ0v) is 7.73. The first-order valence-electron chi connectivity index (χ1n) is 4.12. The minimum atomic E-state index is 0.550. The molecule has 2 heterocycles. The van der Waals surface area contributed by atoms with Crippen LogP contribution in [0.4, 0.5) is 0 Å². The fraction of sp³-hybridized carbons (Fsp3) is 0.444. The lowest BCUT2D eigenvalue weighted by atomic mass is 9.94. The fourth-order valence-corrected chi connectivity index (χ4v) is 1.78. The molecule has 1 aromatic rings. The Morgan fingerprint density at radius 3 is 3.33 bits per heavy atom. The summed E-state index contributed by atoms with van der Waals surface area (Å²) in [5.74, 6) is 0.550. The molecule has 2 nitrogen and oxygen atoms in total. The van der Waals surface area contributed by atoms with E-state index in [2.05, 4.69) is 17.2 Å². The number of rotatable bonds is 0. The van der Waals surface area contributed by atoms with Gasteiger partial charge in [0.05, 0.1) is 0 Å². The number of pyridine rings is 1. The Labute approximate surface area is 77.0 Å². The number of nitrogens with zero attached hydrogens (tertiary/aromatic N) is 1. The van der Waals surface area contributed by atoms with Gasteiger partial charge < -0.3 is 5.32 Å². The third-order valence-corrected chi connectivity index (χ3v) is 2.49. The number of halogens is 1. The highest BCUT2D eigenvalue weighted by atomic mass is 35.5. The molecular formula is C9H11ClN2. The van der Waals surface area contributed by atoms with E-state index in [-0.39, 0.29) is 0 Å². The first kappa shape index (κ1) is 8.02. The molecule has 1 aromatic heterocycles. The summed E-state index contributed by atoms with van der Waals surface area (Å²) < 4.78 is 0. The van der Waals surface area contributed by atoms with Gasteiger partial charge in [-0.15, -0.1) is 0 Å². The van der Waals surface area contributed by atoms with E-state index >= 15 is 0 Å². The topological polar surface area (TPSA) is 24.9 Å². The number of nitrogens with one attached hydrogen (secondary N) is 1. The first-order chi connectivity index (χ1) is 5.77. The van der Waals surface area contributed by atoms with Crippen LogP contribution in [0, 0.1) is 0 Å². The van der Waals surface area contributed by atoms with Gasteiger partial charge in [-0.2, -0.15) is 0 Å². The lowest BCUT2D eigenvalue weighted by molar-refractivity contribution is 0.569. The molecule has 0 spiro atoms. The molecule has 1 N–H and O–H groups in total. The predicted molar refractivity (Wildman–Crippen MR) is 49.4 cm³/mol. The number of fused-ring (bicyclic) bond motifs is 1. The van der Waals surface area contributed by atoms with Crippen molar-refractivity contribution in [3.05, 3.63) is 28.5 Å². The minimum absolute atomic E-state index is 0.550. The van der Waals surface area contributed by atoms with Crippen LogP contribution in [0.5, 0.6) is 0 Å². The number of hydrogen-bond acceptors (Lipinski definition) is 2. The zero-order chi connectivity index (χ0) is 8.55. The highest BCUT2D eigenvalue weighted by molar-refractivity contribution is 6.29. The molecule has 1 atom stereocenters. The second-order valence-corrected chi connectivity index (χ2v) is 3.63. The molecule has 0 aromatic carbocycles. The van der Waals surface area contributed by atoms with Gasteiger partial charge in [0.15, 0.2) is 0 Å². The van der Waals surface area contributed by atoms with Crippen molar-refractivity contribution in [1.82, 2.24) is 10.3 Å². The summed E-state index contributed by atoms with van der Waals surface area (Å²) >= 11 is 5.81. The van der Waals surface area contributed by atoms with Gasteiger partial charge in [0.2, 0.25) is 0 Å². The maximum absolute atomic E-state index is 5.81.